The van der Waals surface area contributed by atoms with Gasteiger partial charge in [0.05, 0.1) is 6.61 Å². The Morgan fingerprint density at radius 1 is 1.07 bits per heavy atom. The molecule has 0 aliphatic rings. The van der Waals surface area contributed by atoms with Crippen molar-refractivity contribution in [3.8, 4) is 0 Å². The summed E-state index contributed by atoms with van der Waals surface area (Å²) in [6.07, 6.45) is 9.56. The number of hydrogen-bond acceptors (Lipinski definition) is 2. The number of ether oxygens (including phenoxy) is 2. The molecule has 3 heteroatoms. The van der Waals surface area contributed by atoms with Gasteiger partial charge in [-0.25, -0.2) is 0 Å². The number of unbranched alkanes of at least 4 members (excludes halogenated alkanes) is 2. The molecule has 1 radical (unpaired) electrons. The zero-order chi connectivity index (χ0) is 10.5. The minimum absolute atomic E-state index is 0. The van der Waals surface area contributed by atoms with Crippen LogP contribution in [-0.4, -0.2) is 38.9 Å². The van der Waals surface area contributed by atoms with Crippen molar-refractivity contribution in [2.24, 2.45) is 0 Å². The van der Waals surface area contributed by atoms with Crippen molar-refractivity contribution < 1.29 is 9.47 Å². The Morgan fingerprint density at radius 2 is 1.80 bits per heavy atom. The zero-order valence-electron chi connectivity index (χ0n) is 9.34. The third kappa shape index (κ3) is 16.9. The molecule has 2 nitrogen and oxygen atoms in total. The second kappa shape index (κ2) is 16.7. The molecule has 0 atom stereocenters. The summed E-state index contributed by atoms with van der Waals surface area (Å²) in [6, 6.07) is 0. The van der Waals surface area contributed by atoms with E-state index in [2.05, 4.69) is 19.9 Å². The van der Waals surface area contributed by atoms with Gasteiger partial charge in [-0.2, -0.15) is 0 Å². The van der Waals surface area contributed by atoms with Crippen LogP contribution in [0.2, 0.25) is 0 Å². The molecule has 0 bridgehead atoms. The summed E-state index contributed by atoms with van der Waals surface area (Å²) in [4.78, 5) is 0. The first kappa shape index (κ1) is 17.6. The molecule has 0 spiro atoms. The molecule has 85 valence electrons. The van der Waals surface area contributed by atoms with Crippen LogP contribution in [0.4, 0.5) is 0 Å². The van der Waals surface area contributed by atoms with Gasteiger partial charge in [-0.3, -0.25) is 0 Å². The monoisotopic (exact) mass is 207 g/mol. The van der Waals surface area contributed by atoms with Crippen LogP contribution >= 0.6 is 0 Å². The molecule has 0 aromatic carbocycles. The Kier molecular flexibility index (Phi) is 19.6. The summed E-state index contributed by atoms with van der Waals surface area (Å²) in [5.41, 5.74) is 0. The van der Waals surface area contributed by atoms with Gasteiger partial charge in [0, 0.05) is 6.61 Å². The molecule has 0 N–H and O–H groups in total. The average molecular weight is 207 g/mol. The Hall–Kier alpha value is 0.257. The van der Waals surface area contributed by atoms with E-state index in [0.717, 1.165) is 32.5 Å². The van der Waals surface area contributed by atoms with E-state index in [1.54, 1.807) is 0 Å². The molecule has 0 heterocycles. The minimum atomic E-state index is 0. The van der Waals surface area contributed by atoms with Crippen molar-refractivity contribution in [3.63, 3.8) is 0 Å². The first-order valence-electron chi connectivity index (χ1n) is 5.51. The molecule has 0 unspecified atom stereocenters. The molecule has 0 saturated heterocycles. The van der Waals surface area contributed by atoms with Gasteiger partial charge in [-0.1, -0.05) is 31.9 Å². The maximum absolute atomic E-state index is 5.28. The van der Waals surface area contributed by atoms with E-state index >= 15 is 0 Å². The van der Waals surface area contributed by atoms with E-state index in [-0.39, 0.29) is 18.9 Å². The average Bonchev–Trinajstić information content (AvgIpc) is 2.21. The van der Waals surface area contributed by atoms with Gasteiger partial charge in [0.25, 0.3) is 0 Å². The molecule has 15 heavy (non-hydrogen) atoms. The second-order valence-electron chi connectivity index (χ2n) is 3.19. The van der Waals surface area contributed by atoms with E-state index in [9.17, 15) is 0 Å². The fourth-order valence-electron chi connectivity index (χ4n) is 1.02. The summed E-state index contributed by atoms with van der Waals surface area (Å²) in [6.45, 7) is 7.89. The Bertz CT molecular complexity index is 127. The van der Waals surface area contributed by atoms with Crippen LogP contribution in [0.1, 0.15) is 39.0 Å². The predicted molar refractivity (Wildman–Crippen MR) is 67.2 cm³/mol. The molecule has 0 aliphatic carbocycles. The van der Waals surface area contributed by atoms with Crippen molar-refractivity contribution in [2.45, 2.75) is 39.0 Å². The molecule has 0 aromatic rings. The SMILES string of the molecule is [CH2]C/C=C\CCOCOCCCCC.[LiH]. The van der Waals surface area contributed by atoms with Gasteiger partial charge in [0.15, 0.2) is 0 Å². The van der Waals surface area contributed by atoms with Crippen LogP contribution in [0.3, 0.4) is 0 Å². The Balaban J connectivity index is 0. The van der Waals surface area contributed by atoms with Crippen molar-refractivity contribution in [1.29, 1.82) is 0 Å². The van der Waals surface area contributed by atoms with Crippen molar-refractivity contribution in [1.82, 2.24) is 0 Å². The molecule has 0 saturated carbocycles. The molecule has 0 aromatic heterocycles. The van der Waals surface area contributed by atoms with Crippen LogP contribution in [0.5, 0.6) is 0 Å². The van der Waals surface area contributed by atoms with Crippen molar-refractivity contribution in [3.05, 3.63) is 19.1 Å². The van der Waals surface area contributed by atoms with Gasteiger partial charge in [-0.05, 0) is 26.2 Å². The fraction of sp³-hybridized carbons (Fsp3) is 0.750. The summed E-state index contributed by atoms with van der Waals surface area (Å²) in [5, 5.41) is 0. The zero-order valence-corrected chi connectivity index (χ0v) is 9.34. The van der Waals surface area contributed by atoms with Crippen LogP contribution in [0.15, 0.2) is 12.2 Å². The summed E-state index contributed by atoms with van der Waals surface area (Å²) in [5.74, 6) is 0. The third-order valence-electron chi connectivity index (χ3n) is 1.82. The maximum atomic E-state index is 5.28. The third-order valence-corrected chi connectivity index (χ3v) is 1.82. The van der Waals surface area contributed by atoms with E-state index in [0.29, 0.717) is 6.79 Å². The number of hydrogen-bond donors (Lipinski definition) is 0. The van der Waals surface area contributed by atoms with E-state index in [4.69, 9.17) is 9.47 Å². The number of rotatable bonds is 10. The summed E-state index contributed by atoms with van der Waals surface area (Å²) in [7, 11) is 0. The summed E-state index contributed by atoms with van der Waals surface area (Å²) >= 11 is 0. The molecular weight excluding hydrogens is 183 g/mol. The topological polar surface area (TPSA) is 18.5 Å². The second-order valence-corrected chi connectivity index (χ2v) is 3.19. The molecule has 0 aliphatic heterocycles. The van der Waals surface area contributed by atoms with Crippen LogP contribution < -0.4 is 0 Å². The molecular formula is C12H24LiO2. The van der Waals surface area contributed by atoms with Gasteiger partial charge >= 0.3 is 18.9 Å². The van der Waals surface area contributed by atoms with Crippen LogP contribution in [0, 0.1) is 6.92 Å². The predicted octanol–water partition coefficient (Wildman–Crippen LogP) is 2.69. The molecule has 0 fully saturated rings. The Labute approximate surface area is 107 Å². The van der Waals surface area contributed by atoms with Gasteiger partial charge in [-0.15, -0.1) is 0 Å². The molecule has 0 rings (SSSR count). The van der Waals surface area contributed by atoms with Crippen LogP contribution in [0.25, 0.3) is 0 Å². The molecule has 0 amide bonds. The fourth-order valence-corrected chi connectivity index (χ4v) is 1.02. The van der Waals surface area contributed by atoms with Gasteiger partial charge in [0.2, 0.25) is 0 Å². The Morgan fingerprint density at radius 3 is 2.47 bits per heavy atom. The van der Waals surface area contributed by atoms with Crippen LogP contribution in [-0.2, 0) is 9.47 Å². The van der Waals surface area contributed by atoms with E-state index < -0.39 is 0 Å². The first-order chi connectivity index (χ1) is 6.91. The number of allylic oxidation sites excluding steroid dienone is 1. The van der Waals surface area contributed by atoms with E-state index in [1.807, 2.05) is 6.08 Å². The van der Waals surface area contributed by atoms with Crippen molar-refractivity contribution in [2.75, 3.05) is 20.0 Å². The normalized spacial score (nSPS) is 10.5. The first-order valence-corrected chi connectivity index (χ1v) is 5.51. The van der Waals surface area contributed by atoms with Gasteiger partial charge in [0.1, 0.15) is 6.79 Å². The van der Waals surface area contributed by atoms with E-state index in [1.165, 1.54) is 12.8 Å². The van der Waals surface area contributed by atoms with Gasteiger partial charge < -0.3 is 9.47 Å². The van der Waals surface area contributed by atoms with Crippen molar-refractivity contribution >= 4 is 18.9 Å². The standard InChI is InChI=1S/C12H23O2.Li.H/c1-3-5-7-9-11-14-12-13-10-8-6-4-2;;/h5,7H,1,3-4,6,8-12H2,2H3;;/b7-5-;;. The summed E-state index contributed by atoms with van der Waals surface area (Å²) < 4.78 is 10.6. The quantitative estimate of drug-likeness (QED) is 0.237.